The summed E-state index contributed by atoms with van der Waals surface area (Å²) in [5, 5.41) is 6.24. The fourth-order valence-corrected chi connectivity index (χ4v) is 4.33. The van der Waals surface area contributed by atoms with Gasteiger partial charge in [0.1, 0.15) is 12.1 Å². The smallest absolute Gasteiger partial charge is 0.406 e. The number of carbonyl (C=O) groups is 1. The van der Waals surface area contributed by atoms with Crippen LogP contribution in [0.2, 0.25) is 0 Å². The van der Waals surface area contributed by atoms with E-state index >= 15 is 0 Å². The molecular formula is C27H29F3N6O3. The van der Waals surface area contributed by atoms with Crippen LogP contribution in [0, 0.1) is 12.8 Å². The molecule has 3 aromatic rings. The highest BCUT2D eigenvalue weighted by atomic mass is 19.4. The van der Waals surface area contributed by atoms with Crippen LogP contribution >= 0.6 is 0 Å². The van der Waals surface area contributed by atoms with Crippen molar-refractivity contribution in [2.45, 2.75) is 51.7 Å². The van der Waals surface area contributed by atoms with E-state index in [4.69, 9.17) is 4.74 Å². The van der Waals surface area contributed by atoms with Crippen LogP contribution in [0.5, 0.6) is 5.75 Å². The first kappa shape index (κ1) is 26.7. The van der Waals surface area contributed by atoms with Gasteiger partial charge < -0.3 is 25.0 Å². The summed E-state index contributed by atoms with van der Waals surface area (Å²) in [6, 6.07) is 11.3. The predicted octanol–water partition coefficient (Wildman–Crippen LogP) is 5.36. The zero-order chi connectivity index (χ0) is 27.4. The third kappa shape index (κ3) is 7.34. The Kier molecular flexibility index (Phi) is 7.82. The highest BCUT2D eigenvalue weighted by Gasteiger charge is 2.31. The largest absolute Gasteiger partial charge is 0.573 e. The van der Waals surface area contributed by atoms with E-state index in [1.54, 1.807) is 12.1 Å². The lowest BCUT2D eigenvalue weighted by molar-refractivity contribution is -0.274. The molecule has 1 aromatic heterocycles. The quantitative estimate of drug-likeness (QED) is 0.373. The van der Waals surface area contributed by atoms with Crippen molar-refractivity contribution in [2.24, 2.45) is 5.92 Å². The normalized spacial score (nSPS) is 16.2. The van der Waals surface area contributed by atoms with Gasteiger partial charge in [-0.2, -0.15) is 4.98 Å². The standard InChI is InChI=1S/C27H29F3N6O3/c1-17-22(33-24(37)19-7-8-19)3-2-4-23(17)34-25-31-16-32-26(35-25)36-13-11-20(12-14-36)38-15-18-5-9-21(10-6-18)39-27(28,29)30/h2-6,9-10,16,19-20H,7-8,11-15H2,1H3,(H,33,37)(H,31,32,34,35). The van der Waals surface area contributed by atoms with E-state index in [-0.39, 0.29) is 23.7 Å². The Labute approximate surface area is 223 Å². The molecule has 2 aromatic carbocycles. The molecule has 39 heavy (non-hydrogen) atoms. The van der Waals surface area contributed by atoms with E-state index in [9.17, 15) is 18.0 Å². The van der Waals surface area contributed by atoms with E-state index in [1.165, 1.54) is 18.5 Å². The Morgan fingerprint density at radius 1 is 1.03 bits per heavy atom. The van der Waals surface area contributed by atoms with Crippen molar-refractivity contribution in [1.29, 1.82) is 0 Å². The number of nitrogens with zero attached hydrogens (tertiary/aromatic N) is 4. The number of nitrogens with one attached hydrogen (secondary N) is 2. The van der Waals surface area contributed by atoms with Gasteiger partial charge in [0.05, 0.1) is 12.7 Å². The molecule has 2 aliphatic rings. The fraction of sp³-hybridized carbons (Fsp3) is 0.407. The topological polar surface area (TPSA) is 102 Å². The number of hydrogen-bond acceptors (Lipinski definition) is 8. The summed E-state index contributed by atoms with van der Waals surface area (Å²) in [6.07, 6.45) is 0.169. The highest BCUT2D eigenvalue weighted by Crippen LogP contribution is 2.32. The lowest BCUT2D eigenvalue weighted by atomic mass is 10.1. The molecule has 1 saturated carbocycles. The summed E-state index contributed by atoms with van der Waals surface area (Å²) in [4.78, 5) is 27.4. The molecule has 1 saturated heterocycles. The molecule has 5 rings (SSSR count). The summed E-state index contributed by atoms with van der Waals surface area (Å²) >= 11 is 0. The minimum Gasteiger partial charge on any atom is -0.406 e. The maximum absolute atomic E-state index is 12.3. The van der Waals surface area contributed by atoms with Gasteiger partial charge in [-0.05, 0) is 68.0 Å². The monoisotopic (exact) mass is 542 g/mol. The van der Waals surface area contributed by atoms with E-state index in [1.807, 2.05) is 25.1 Å². The summed E-state index contributed by atoms with van der Waals surface area (Å²) in [6.45, 7) is 3.61. The Hall–Kier alpha value is -3.93. The summed E-state index contributed by atoms with van der Waals surface area (Å²) in [5.41, 5.74) is 3.23. The van der Waals surface area contributed by atoms with Gasteiger partial charge in [-0.3, -0.25) is 4.79 Å². The van der Waals surface area contributed by atoms with Crippen LogP contribution in [0.1, 0.15) is 36.8 Å². The lowest BCUT2D eigenvalue weighted by Crippen LogP contribution is -2.38. The minimum atomic E-state index is -4.71. The van der Waals surface area contributed by atoms with E-state index < -0.39 is 6.36 Å². The molecule has 12 heteroatoms. The van der Waals surface area contributed by atoms with Gasteiger partial charge in [0.2, 0.25) is 17.8 Å². The third-order valence-corrected chi connectivity index (χ3v) is 6.71. The second kappa shape index (κ2) is 11.4. The highest BCUT2D eigenvalue weighted by molar-refractivity contribution is 5.95. The van der Waals surface area contributed by atoms with Gasteiger partial charge in [-0.25, -0.2) is 9.97 Å². The fourth-order valence-electron chi connectivity index (χ4n) is 4.33. The Balaban J connectivity index is 1.12. The average Bonchev–Trinajstić information content (AvgIpc) is 3.76. The van der Waals surface area contributed by atoms with Crippen molar-refractivity contribution in [3.63, 3.8) is 0 Å². The molecule has 0 unspecified atom stereocenters. The van der Waals surface area contributed by atoms with Crippen molar-refractivity contribution in [3.8, 4) is 5.75 Å². The van der Waals surface area contributed by atoms with Crippen LogP contribution in [0.3, 0.4) is 0 Å². The summed E-state index contributed by atoms with van der Waals surface area (Å²) in [5.74, 6) is 0.884. The van der Waals surface area contributed by atoms with Gasteiger partial charge >= 0.3 is 6.36 Å². The second-order valence-corrected chi connectivity index (χ2v) is 9.66. The molecule has 0 spiro atoms. The number of hydrogen-bond donors (Lipinski definition) is 2. The molecule has 2 N–H and O–H groups in total. The first-order valence-electron chi connectivity index (χ1n) is 12.8. The van der Waals surface area contributed by atoms with Crippen molar-refractivity contribution in [1.82, 2.24) is 15.0 Å². The molecule has 2 fully saturated rings. The molecule has 9 nitrogen and oxygen atoms in total. The number of aromatic nitrogens is 3. The maximum Gasteiger partial charge on any atom is 0.573 e. The number of amides is 1. The van der Waals surface area contributed by atoms with Crippen LogP contribution < -0.4 is 20.3 Å². The van der Waals surface area contributed by atoms with Crippen molar-refractivity contribution < 1.29 is 27.4 Å². The van der Waals surface area contributed by atoms with E-state index in [2.05, 4.69) is 35.2 Å². The minimum absolute atomic E-state index is 0.0167. The molecule has 206 valence electrons. The Morgan fingerprint density at radius 2 is 1.74 bits per heavy atom. The predicted molar refractivity (Wildman–Crippen MR) is 139 cm³/mol. The van der Waals surface area contributed by atoms with Crippen molar-refractivity contribution >= 4 is 29.2 Å². The number of alkyl halides is 3. The van der Waals surface area contributed by atoms with Crippen LogP contribution in [0.4, 0.5) is 36.4 Å². The van der Waals surface area contributed by atoms with E-state index in [0.717, 1.165) is 48.2 Å². The lowest BCUT2D eigenvalue weighted by Gasteiger charge is -2.32. The zero-order valence-electron chi connectivity index (χ0n) is 21.4. The van der Waals surface area contributed by atoms with Crippen LogP contribution in [-0.4, -0.2) is 46.4 Å². The van der Waals surface area contributed by atoms with Crippen molar-refractivity contribution in [2.75, 3.05) is 28.6 Å². The van der Waals surface area contributed by atoms with Gasteiger partial charge in [-0.15, -0.1) is 13.2 Å². The Bertz CT molecular complexity index is 1290. The van der Waals surface area contributed by atoms with Gasteiger partial charge in [0.15, 0.2) is 0 Å². The second-order valence-electron chi connectivity index (χ2n) is 9.66. The third-order valence-electron chi connectivity index (χ3n) is 6.71. The number of piperidine rings is 1. The molecular weight excluding hydrogens is 513 g/mol. The van der Waals surface area contributed by atoms with Gasteiger partial charge in [0.25, 0.3) is 0 Å². The van der Waals surface area contributed by atoms with Gasteiger partial charge in [-0.1, -0.05) is 18.2 Å². The first-order valence-corrected chi connectivity index (χ1v) is 12.8. The number of ether oxygens (including phenoxy) is 2. The number of rotatable bonds is 9. The van der Waals surface area contributed by atoms with Crippen molar-refractivity contribution in [3.05, 3.63) is 59.9 Å². The molecule has 1 aliphatic carbocycles. The molecule has 0 bridgehead atoms. The number of halogens is 3. The zero-order valence-corrected chi connectivity index (χ0v) is 21.4. The molecule has 0 atom stereocenters. The SMILES string of the molecule is Cc1c(NC(=O)C2CC2)cccc1Nc1ncnc(N2CCC(OCc3ccc(OC(F)(F)F)cc3)CC2)n1. The molecule has 0 radical (unpaired) electrons. The van der Waals surface area contributed by atoms with Crippen LogP contribution in [-0.2, 0) is 16.1 Å². The Morgan fingerprint density at radius 3 is 2.44 bits per heavy atom. The summed E-state index contributed by atoms with van der Waals surface area (Å²) in [7, 11) is 0. The molecule has 2 heterocycles. The average molecular weight is 543 g/mol. The number of carbonyl (C=O) groups excluding carboxylic acids is 1. The molecule has 1 aliphatic heterocycles. The summed E-state index contributed by atoms with van der Waals surface area (Å²) < 4.78 is 46.8. The van der Waals surface area contributed by atoms with Gasteiger partial charge in [0, 0.05) is 30.4 Å². The van der Waals surface area contributed by atoms with Crippen LogP contribution in [0.25, 0.3) is 0 Å². The number of benzene rings is 2. The molecule has 1 amide bonds. The number of anilines is 4. The maximum atomic E-state index is 12.3. The first-order chi connectivity index (χ1) is 18.7. The van der Waals surface area contributed by atoms with Crippen LogP contribution in [0.15, 0.2) is 48.8 Å². The van der Waals surface area contributed by atoms with E-state index in [0.29, 0.717) is 31.6 Å².